The van der Waals surface area contributed by atoms with Crippen molar-refractivity contribution in [1.82, 2.24) is 14.5 Å². The summed E-state index contributed by atoms with van der Waals surface area (Å²) in [4.78, 5) is 8.42. The number of ether oxygens (including phenoxy) is 1. The molecule has 0 bridgehead atoms. The molecule has 0 amide bonds. The van der Waals surface area contributed by atoms with Gasteiger partial charge in [-0.3, -0.25) is 4.57 Å². The molecule has 1 aliphatic rings. The summed E-state index contributed by atoms with van der Waals surface area (Å²) in [6, 6.07) is 0. The molecule has 7 N–H and O–H groups in total. The molecule has 2 aromatic rings. The van der Waals surface area contributed by atoms with Gasteiger partial charge >= 0.3 is 7.60 Å². The minimum atomic E-state index is -3.54. The second-order valence-corrected chi connectivity index (χ2v) is 9.07. The summed E-state index contributed by atoms with van der Waals surface area (Å²) in [5, 5.41) is 31.4. The van der Waals surface area contributed by atoms with Gasteiger partial charge in [-0.1, -0.05) is 0 Å². The van der Waals surface area contributed by atoms with E-state index in [1.807, 2.05) is 0 Å². The van der Waals surface area contributed by atoms with E-state index in [9.17, 15) is 19.9 Å². The molecule has 0 spiro atoms. The molecule has 1 aliphatic heterocycles. The molecule has 0 aromatic carbocycles. The van der Waals surface area contributed by atoms with Gasteiger partial charge < -0.3 is 45.1 Å². The summed E-state index contributed by atoms with van der Waals surface area (Å²) in [6.45, 7) is 5.29. The Morgan fingerprint density at radius 2 is 1.90 bits per heavy atom. The number of aromatic nitrogens is 3. The van der Waals surface area contributed by atoms with Crippen molar-refractivity contribution in [3.63, 3.8) is 0 Å². The van der Waals surface area contributed by atoms with Crippen molar-refractivity contribution in [2.24, 2.45) is 5.73 Å². The molecule has 0 radical (unpaired) electrons. The lowest BCUT2D eigenvalue weighted by Gasteiger charge is -2.22. The van der Waals surface area contributed by atoms with Crippen LogP contribution in [0, 0.1) is 6.92 Å². The number of nitrogens with zero attached hydrogens (tertiary/aromatic N) is 3. The molecule has 1 unspecified atom stereocenters. The number of hydrogen-bond acceptors (Lipinski definition) is 11. The van der Waals surface area contributed by atoms with Crippen molar-refractivity contribution in [3.8, 4) is 0 Å². The highest BCUT2D eigenvalue weighted by atomic mass is 31.2. The Morgan fingerprint density at radius 3 is 2.47 bits per heavy atom. The van der Waals surface area contributed by atoms with Crippen LogP contribution in [0.25, 0.3) is 11.0 Å². The first-order valence-corrected chi connectivity index (χ1v) is 11.3. The van der Waals surface area contributed by atoms with Crippen LogP contribution >= 0.6 is 7.60 Å². The molecule has 3 rings (SSSR count). The fraction of sp³-hybridized carbons (Fsp3) is 0.647. The highest BCUT2D eigenvalue weighted by Crippen LogP contribution is 2.51. The van der Waals surface area contributed by atoms with E-state index in [2.05, 4.69) is 9.97 Å². The number of aryl methyl sites for hydroxylation is 1. The van der Waals surface area contributed by atoms with Crippen LogP contribution in [-0.4, -0.2) is 67.5 Å². The van der Waals surface area contributed by atoms with Crippen LogP contribution in [0.4, 0.5) is 5.82 Å². The zero-order valence-electron chi connectivity index (χ0n) is 17.0. The van der Waals surface area contributed by atoms with Crippen LogP contribution in [0.1, 0.15) is 37.7 Å². The minimum Gasteiger partial charge on any atom is -0.387 e. The van der Waals surface area contributed by atoms with E-state index in [-0.39, 0.29) is 36.4 Å². The normalized spacial score (nSPS) is 25.8. The smallest absolute Gasteiger partial charge is 0.333 e. The van der Waals surface area contributed by atoms with E-state index in [1.165, 1.54) is 10.8 Å². The second-order valence-electron chi connectivity index (χ2n) is 6.97. The first kappa shape index (κ1) is 23.0. The van der Waals surface area contributed by atoms with Crippen LogP contribution in [0.2, 0.25) is 0 Å². The topological polar surface area (TPSA) is 188 Å². The quantitative estimate of drug-likeness (QED) is 0.275. The lowest BCUT2D eigenvalue weighted by Crippen LogP contribution is -2.33. The Balaban J connectivity index is 1.99. The van der Waals surface area contributed by atoms with Gasteiger partial charge in [0.2, 0.25) is 0 Å². The maximum Gasteiger partial charge on any atom is 0.333 e. The number of rotatable bonds is 8. The van der Waals surface area contributed by atoms with Crippen LogP contribution < -0.4 is 11.5 Å². The molecule has 1 fully saturated rings. The van der Waals surface area contributed by atoms with Gasteiger partial charge in [0.15, 0.2) is 6.23 Å². The molecule has 1 saturated heterocycles. The molecule has 0 aliphatic carbocycles. The van der Waals surface area contributed by atoms with Gasteiger partial charge in [0.1, 0.15) is 41.8 Å². The molecule has 3 heterocycles. The zero-order chi connectivity index (χ0) is 22.2. The van der Waals surface area contributed by atoms with Gasteiger partial charge in [-0.2, -0.15) is 0 Å². The predicted octanol–water partition coefficient (Wildman–Crippen LogP) is 0.157. The van der Waals surface area contributed by atoms with Gasteiger partial charge in [-0.05, 0) is 20.8 Å². The average Bonchev–Trinajstić information content (AvgIpc) is 3.15. The van der Waals surface area contributed by atoms with E-state index < -0.39 is 38.4 Å². The highest BCUT2D eigenvalue weighted by Gasteiger charge is 2.47. The summed E-state index contributed by atoms with van der Waals surface area (Å²) in [5.41, 5.74) is 12.2. The van der Waals surface area contributed by atoms with E-state index >= 15 is 0 Å². The average molecular weight is 445 g/mol. The van der Waals surface area contributed by atoms with Gasteiger partial charge in [0.25, 0.3) is 0 Å². The summed E-state index contributed by atoms with van der Waals surface area (Å²) >= 11 is 0. The van der Waals surface area contributed by atoms with Crippen LogP contribution in [0.5, 0.6) is 0 Å². The molecule has 5 atom stereocenters. The number of aliphatic hydroxyl groups is 3. The number of hydrogen-bond donors (Lipinski definition) is 5. The van der Waals surface area contributed by atoms with Crippen LogP contribution in [0.15, 0.2) is 6.20 Å². The maximum atomic E-state index is 12.8. The molecule has 30 heavy (non-hydrogen) atoms. The predicted molar refractivity (Wildman–Crippen MR) is 107 cm³/mol. The monoisotopic (exact) mass is 445 g/mol. The molecular formula is C17H28N5O7P. The Kier molecular flexibility index (Phi) is 6.80. The number of aliphatic hydroxyl groups excluding tert-OH is 3. The molecule has 2 aromatic heterocycles. The van der Waals surface area contributed by atoms with Gasteiger partial charge in [-0.15, -0.1) is 0 Å². The first-order valence-electron chi connectivity index (χ1n) is 9.59. The van der Waals surface area contributed by atoms with E-state index in [1.54, 1.807) is 20.8 Å². The summed E-state index contributed by atoms with van der Waals surface area (Å²) in [5.74, 6) is 0.469. The first-order chi connectivity index (χ1) is 14.1. The van der Waals surface area contributed by atoms with Gasteiger partial charge in [-0.25, -0.2) is 9.97 Å². The Labute approximate surface area is 173 Å². The Hall–Kier alpha value is -1.63. The highest BCUT2D eigenvalue weighted by molar-refractivity contribution is 7.53. The number of nitrogen functional groups attached to an aromatic ring is 1. The van der Waals surface area contributed by atoms with Crippen molar-refractivity contribution >= 4 is 24.4 Å². The number of anilines is 1. The third-order valence-corrected chi connectivity index (χ3v) is 6.94. The van der Waals surface area contributed by atoms with Crippen LogP contribution in [0.3, 0.4) is 0 Å². The van der Waals surface area contributed by atoms with Crippen molar-refractivity contribution in [3.05, 3.63) is 17.6 Å². The molecule has 0 saturated carbocycles. The summed E-state index contributed by atoms with van der Waals surface area (Å²) in [6.07, 6.45) is -5.07. The van der Waals surface area contributed by atoms with Crippen molar-refractivity contribution in [2.75, 3.05) is 25.1 Å². The molecule has 13 heteroatoms. The fourth-order valence-electron chi connectivity index (χ4n) is 3.60. The molecule has 168 valence electrons. The fourth-order valence-corrected chi connectivity index (χ4v) is 5.42. The lowest BCUT2D eigenvalue weighted by molar-refractivity contribution is -0.0303. The maximum absolute atomic E-state index is 12.8. The third kappa shape index (κ3) is 4.23. The van der Waals surface area contributed by atoms with Crippen LogP contribution in [-0.2, 0) is 18.3 Å². The largest absolute Gasteiger partial charge is 0.387 e. The molecule has 12 nitrogen and oxygen atoms in total. The van der Waals surface area contributed by atoms with E-state index in [4.69, 9.17) is 25.3 Å². The summed E-state index contributed by atoms with van der Waals surface area (Å²) < 4.78 is 30.6. The Bertz CT molecular complexity index is 942. The van der Waals surface area contributed by atoms with E-state index in [0.29, 0.717) is 11.2 Å². The van der Waals surface area contributed by atoms with Crippen molar-refractivity contribution in [2.45, 2.75) is 51.5 Å². The zero-order valence-corrected chi connectivity index (χ0v) is 17.9. The third-order valence-electron chi connectivity index (χ3n) is 4.83. The van der Waals surface area contributed by atoms with Crippen molar-refractivity contribution < 1.29 is 33.7 Å². The molecular weight excluding hydrogens is 417 g/mol. The van der Waals surface area contributed by atoms with Crippen molar-refractivity contribution in [1.29, 1.82) is 0 Å². The second kappa shape index (κ2) is 8.85. The summed E-state index contributed by atoms with van der Waals surface area (Å²) in [7, 11) is -3.54. The standard InChI is InChI=1S/C17H28N5O7P/c1-4-27-30(26,28-5-2)7-10-12(23)13(24)17(29-10)22-6-9(15(19)25)11-14(18)20-8(3)21-16(11)22/h6,10,12-13,15,17,23-25H,4-5,7,19H2,1-3H3,(H2,18,20,21)/t10-,12-,13-,15?,17-/m1/s1. The van der Waals surface area contributed by atoms with E-state index in [0.717, 1.165) is 0 Å². The van der Waals surface area contributed by atoms with Gasteiger partial charge in [0, 0.05) is 11.8 Å². The van der Waals surface area contributed by atoms with Gasteiger partial charge in [0.05, 0.1) is 24.8 Å². The number of nitrogens with two attached hydrogens (primary N) is 2. The number of fused-ring (bicyclic) bond motifs is 1. The Morgan fingerprint density at radius 1 is 1.27 bits per heavy atom. The lowest BCUT2D eigenvalue weighted by atomic mass is 10.1. The SMILES string of the molecule is CCOP(=O)(C[C@H]1O[C@@H](n2cc(C(N)O)c3c(N)nc(C)nc32)[C@H](O)[C@@H]1O)OCC. The minimum absolute atomic E-state index is 0.109.